The van der Waals surface area contributed by atoms with E-state index in [1.807, 2.05) is 4.90 Å². The van der Waals surface area contributed by atoms with Crippen LogP contribution in [0.15, 0.2) is 0 Å². The zero-order valence-electron chi connectivity index (χ0n) is 9.04. The lowest BCUT2D eigenvalue weighted by atomic mass is 9.84. The molecule has 1 aliphatic carbocycles. The Morgan fingerprint density at radius 1 is 1.53 bits per heavy atom. The highest BCUT2D eigenvalue weighted by Gasteiger charge is 2.44. The Labute approximate surface area is 95.9 Å². The first-order valence-corrected chi connectivity index (χ1v) is 6.26. The minimum atomic E-state index is 0.0877. The maximum atomic E-state index is 11.5. The first kappa shape index (κ1) is 11.2. The van der Waals surface area contributed by atoms with Gasteiger partial charge in [0.2, 0.25) is 5.91 Å². The van der Waals surface area contributed by atoms with Gasteiger partial charge in [0.05, 0.1) is 0 Å². The van der Waals surface area contributed by atoms with E-state index in [1.165, 1.54) is 19.3 Å². The second-order valence-corrected chi connectivity index (χ2v) is 5.31. The van der Waals surface area contributed by atoms with E-state index in [9.17, 15) is 4.79 Å². The molecule has 1 saturated heterocycles. The second kappa shape index (κ2) is 4.30. The molecule has 1 heterocycles. The molecular weight excluding hydrogens is 212 g/mol. The molecule has 2 atom stereocenters. The summed E-state index contributed by atoms with van der Waals surface area (Å²) < 4.78 is 0. The number of likely N-dealkylation sites (tertiary alicyclic amines) is 1. The zero-order valence-corrected chi connectivity index (χ0v) is 9.80. The fraction of sp³-hybridized carbons (Fsp3) is 0.909. The number of alkyl halides is 1. The summed E-state index contributed by atoms with van der Waals surface area (Å²) in [7, 11) is 0. The molecule has 1 amide bonds. The monoisotopic (exact) mass is 230 g/mol. The average Bonchev–Trinajstić information content (AvgIpc) is 2.86. The summed E-state index contributed by atoms with van der Waals surface area (Å²) in [4.78, 5) is 13.4. The standard InChI is InChI=1S/C11H19ClN2O/c12-6-10(15)14-4-3-11(8-14)2-1-9(5-11)7-13/h9H,1-8,13H2/t9-,11-/m0/s1. The first-order chi connectivity index (χ1) is 7.19. The van der Waals surface area contributed by atoms with Gasteiger partial charge in [-0.05, 0) is 43.6 Å². The summed E-state index contributed by atoms with van der Waals surface area (Å²) in [5, 5.41) is 0. The van der Waals surface area contributed by atoms with Gasteiger partial charge in [-0.3, -0.25) is 4.79 Å². The number of nitrogens with zero attached hydrogens (tertiary/aromatic N) is 1. The molecule has 86 valence electrons. The lowest BCUT2D eigenvalue weighted by Gasteiger charge is -2.23. The van der Waals surface area contributed by atoms with Crippen LogP contribution in [0, 0.1) is 11.3 Å². The molecule has 0 bridgehead atoms. The van der Waals surface area contributed by atoms with Crippen LogP contribution in [-0.2, 0) is 4.79 Å². The van der Waals surface area contributed by atoms with Crippen molar-refractivity contribution in [2.75, 3.05) is 25.5 Å². The van der Waals surface area contributed by atoms with Crippen molar-refractivity contribution in [3.8, 4) is 0 Å². The summed E-state index contributed by atoms with van der Waals surface area (Å²) in [6, 6.07) is 0. The van der Waals surface area contributed by atoms with Crippen LogP contribution in [0.25, 0.3) is 0 Å². The third-order valence-electron chi connectivity index (χ3n) is 4.04. The Bertz CT molecular complexity index is 259. The molecule has 15 heavy (non-hydrogen) atoms. The average molecular weight is 231 g/mol. The highest BCUT2D eigenvalue weighted by molar-refractivity contribution is 6.27. The van der Waals surface area contributed by atoms with Crippen LogP contribution < -0.4 is 5.73 Å². The number of hydrogen-bond donors (Lipinski definition) is 1. The predicted octanol–water partition coefficient (Wildman–Crippen LogP) is 1.20. The van der Waals surface area contributed by atoms with Gasteiger partial charge < -0.3 is 10.6 Å². The molecule has 1 saturated carbocycles. The Morgan fingerprint density at radius 3 is 2.93 bits per heavy atom. The topological polar surface area (TPSA) is 46.3 Å². The number of carbonyl (C=O) groups is 1. The molecule has 0 aromatic carbocycles. The molecule has 0 radical (unpaired) electrons. The summed E-state index contributed by atoms with van der Waals surface area (Å²) in [5.74, 6) is 0.886. The van der Waals surface area contributed by atoms with E-state index in [-0.39, 0.29) is 11.8 Å². The van der Waals surface area contributed by atoms with E-state index in [2.05, 4.69) is 0 Å². The normalized spacial score (nSPS) is 35.3. The molecule has 3 nitrogen and oxygen atoms in total. The molecule has 4 heteroatoms. The maximum absolute atomic E-state index is 11.5. The van der Waals surface area contributed by atoms with Crippen LogP contribution >= 0.6 is 11.6 Å². The molecule has 2 aliphatic rings. The molecule has 2 fully saturated rings. The van der Waals surface area contributed by atoms with Crippen molar-refractivity contribution >= 4 is 17.5 Å². The molecular formula is C11H19ClN2O. The van der Waals surface area contributed by atoms with Gasteiger partial charge in [0.25, 0.3) is 0 Å². The number of hydrogen-bond acceptors (Lipinski definition) is 2. The minimum absolute atomic E-state index is 0.0877. The smallest absolute Gasteiger partial charge is 0.237 e. The van der Waals surface area contributed by atoms with Gasteiger partial charge in [0.1, 0.15) is 5.88 Å². The van der Waals surface area contributed by atoms with Crippen LogP contribution in [-0.4, -0.2) is 36.3 Å². The fourth-order valence-electron chi connectivity index (χ4n) is 3.13. The van der Waals surface area contributed by atoms with E-state index < -0.39 is 0 Å². The quantitative estimate of drug-likeness (QED) is 0.725. The van der Waals surface area contributed by atoms with Crippen molar-refractivity contribution < 1.29 is 4.79 Å². The zero-order chi connectivity index (χ0) is 10.9. The largest absolute Gasteiger partial charge is 0.341 e. The van der Waals surface area contributed by atoms with Crippen molar-refractivity contribution in [2.45, 2.75) is 25.7 Å². The highest BCUT2D eigenvalue weighted by atomic mass is 35.5. The number of halogens is 1. The third kappa shape index (κ3) is 2.13. The minimum Gasteiger partial charge on any atom is -0.341 e. The molecule has 2 rings (SSSR count). The second-order valence-electron chi connectivity index (χ2n) is 5.04. The Balaban J connectivity index is 1.94. The van der Waals surface area contributed by atoms with Crippen molar-refractivity contribution in [3.05, 3.63) is 0 Å². The molecule has 1 aliphatic heterocycles. The van der Waals surface area contributed by atoms with Gasteiger partial charge >= 0.3 is 0 Å². The fourth-order valence-corrected chi connectivity index (χ4v) is 3.30. The van der Waals surface area contributed by atoms with E-state index in [1.54, 1.807) is 0 Å². The van der Waals surface area contributed by atoms with E-state index in [4.69, 9.17) is 17.3 Å². The van der Waals surface area contributed by atoms with Crippen molar-refractivity contribution in [2.24, 2.45) is 17.1 Å². The number of rotatable bonds is 2. The van der Waals surface area contributed by atoms with Gasteiger partial charge in [0.15, 0.2) is 0 Å². The Hall–Kier alpha value is -0.280. The highest BCUT2D eigenvalue weighted by Crippen LogP contribution is 2.47. The van der Waals surface area contributed by atoms with E-state index >= 15 is 0 Å². The van der Waals surface area contributed by atoms with Crippen LogP contribution in [0.4, 0.5) is 0 Å². The number of nitrogens with two attached hydrogens (primary N) is 1. The Kier molecular flexibility index (Phi) is 3.21. The van der Waals surface area contributed by atoms with Gasteiger partial charge in [-0.25, -0.2) is 0 Å². The SMILES string of the molecule is NC[C@H]1CC[C@]2(CCN(C(=O)CCl)C2)C1. The van der Waals surface area contributed by atoms with Gasteiger partial charge in [-0.2, -0.15) is 0 Å². The number of amides is 1. The maximum Gasteiger partial charge on any atom is 0.237 e. The molecule has 0 aromatic heterocycles. The summed E-state index contributed by atoms with van der Waals surface area (Å²) in [5.41, 5.74) is 6.08. The molecule has 2 N–H and O–H groups in total. The molecule has 0 aromatic rings. The van der Waals surface area contributed by atoms with Crippen LogP contribution in [0.2, 0.25) is 0 Å². The van der Waals surface area contributed by atoms with E-state index in [0.29, 0.717) is 11.3 Å². The predicted molar refractivity (Wildman–Crippen MR) is 60.7 cm³/mol. The van der Waals surface area contributed by atoms with Crippen LogP contribution in [0.1, 0.15) is 25.7 Å². The lowest BCUT2D eigenvalue weighted by Crippen LogP contribution is -2.32. The van der Waals surface area contributed by atoms with Gasteiger partial charge in [0, 0.05) is 13.1 Å². The first-order valence-electron chi connectivity index (χ1n) is 5.73. The van der Waals surface area contributed by atoms with E-state index in [0.717, 1.165) is 26.1 Å². The van der Waals surface area contributed by atoms with Gasteiger partial charge in [-0.15, -0.1) is 11.6 Å². The summed E-state index contributed by atoms with van der Waals surface area (Å²) >= 11 is 5.57. The van der Waals surface area contributed by atoms with Crippen LogP contribution in [0.5, 0.6) is 0 Å². The van der Waals surface area contributed by atoms with Gasteiger partial charge in [-0.1, -0.05) is 0 Å². The lowest BCUT2D eigenvalue weighted by molar-refractivity contribution is -0.127. The molecule has 0 unspecified atom stereocenters. The summed E-state index contributed by atoms with van der Waals surface area (Å²) in [6.07, 6.45) is 4.82. The number of carbonyl (C=O) groups excluding carboxylic acids is 1. The molecule has 1 spiro atoms. The van der Waals surface area contributed by atoms with Crippen molar-refractivity contribution in [1.82, 2.24) is 4.90 Å². The van der Waals surface area contributed by atoms with Crippen LogP contribution in [0.3, 0.4) is 0 Å². The van der Waals surface area contributed by atoms with Crippen molar-refractivity contribution in [3.63, 3.8) is 0 Å². The van der Waals surface area contributed by atoms with Crippen molar-refractivity contribution in [1.29, 1.82) is 0 Å². The third-order valence-corrected chi connectivity index (χ3v) is 4.27. The Morgan fingerprint density at radius 2 is 2.33 bits per heavy atom. The summed E-state index contributed by atoms with van der Waals surface area (Å²) in [6.45, 7) is 2.60.